The van der Waals surface area contributed by atoms with Gasteiger partial charge in [0.2, 0.25) is 0 Å². The first-order chi connectivity index (χ1) is 10.3. The van der Waals surface area contributed by atoms with E-state index in [0.29, 0.717) is 0 Å². The van der Waals surface area contributed by atoms with Gasteiger partial charge in [-0.25, -0.2) is 9.97 Å². The van der Waals surface area contributed by atoms with Crippen molar-refractivity contribution in [2.75, 3.05) is 24.5 Å². The first-order valence-corrected chi connectivity index (χ1v) is 8.86. The van der Waals surface area contributed by atoms with Crippen LogP contribution in [0.25, 0.3) is 10.2 Å². The summed E-state index contributed by atoms with van der Waals surface area (Å²) in [5, 5.41) is 5.88. The fourth-order valence-electron chi connectivity index (χ4n) is 3.23. The van der Waals surface area contributed by atoms with Gasteiger partial charge in [-0.2, -0.15) is 0 Å². The molecule has 5 heteroatoms. The summed E-state index contributed by atoms with van der Waals surface area (Å²) in [7, 11) is 0. The van der Waals surface area contributed by atoms with Gasteiger partial charge in [0.05, 0.1) is 10.2 Å². The Kier molecular flexibility index (Phi) is 3.55. The van der Waals surface area contributed by atoms with Gasteiger partial charge in [-0.1, -0.05) is 0 Å². The summed E-state index contributed by atoms with van der Waals surface area (Å²) < 4.78 is 1.26. The minimum Gasteiger partial charge on any atom is -0.355 e. The molecule has 1 atom stereocenters. The van der Waals surface area contributed by atoms with Gasteiger partial charge < -0.3 is 10.2 Å². The molecule has 2 fully saturated rings. The quantitative estimate of drug-likeness (QED) is 0.943. The normalized spacial score (nSPS) is 22.9. The van der Waals surface area contributed by atoms with Crippen LogP contribution in [-0.2, 0) is 0 Å². The lowest BCUT2D eigenvalue weighted by Crippen LogP contribution is -2.40. The average Bonchev–Trinajstić information content (AvgIpc) is 3.28. The number of anilines is 1. The molecule has 3 heterocycles. The van der Waals surface area contributed by atoms with Crippen molar-refractivity contribution >= 4 is 27.4 Å². The highest BCUT2D eigenvalue weighted by Crippen LogP contribution is 2.33. The number of aromatic nitrogens is 2. The van der Waals surface area contributed by atoms with Crippen LogP contribution < -0.4 is 10.2 Å². The number of fused-ring (bicyclic) bond motifs is 1. The molecular weight excluding hydrogens is 280 g/mol. The highest BCUT2D eigenvalue weighted by Gasteiger charge is 2.26. The number of piperidine rings is 1. The van der Waals surface area contributed by atoms with E-state index in [1.54, 1.807) is 17.7 Å². The van der Waals surface area contributed by atoms with Crippen LogP contribution in [0.15, 0.2) is 11.7 Å². The second-order valence-electron chi connectivity index (χ2n) is 6.43. The molecule has 4 nitrogen and oxygen atoms in total. The van der Waals surface area contributed by atoms with Crippen LogP contribution >= 0.6 is 11.3 Å². The molecule has 0 radical (unpaired) electrons. The van der Waals surface area contributed by atoms with E-state index in [9.17, 15) is 0 Å². The minimum absolute atomic E-state index is 0.755. The van der Waals surface area contributed by atoms with Gasteiger partial charge >= 0.3 is 0 Å². The lowest BCUT2D eigenvalue weighted by atomic mass is 9.98. The zero-order valence-corrected chi connectivity index (χ0v) is 13.3. The van der Waals surface area contributed by atoms with Crippen molar-refractivity contribution in [3.63, 3.8) is 0 Å². The highest BCUT2D eigenvalue weighted by atomic mass is 32.1. The van der Waals surface area contributed by atoms with E-state index in [1.165, 1.54) is 42.5 Å². The Labute approximate surface area is 129 Å². The van der Waals surface area contributed by atoms with Gasteiger partial charge in [-0.05, 0) is 56.0 Å². The average molecular weight is 302 g/mol. The third kappa shape index (κ3) is 2.77. The van der Waals surface area contributed by atoms with E-state index in [0.717, 1.165) is 36.4 Å². The van der Waals surface area contributed by atoms with Crippen molar-refractivity contribution in [2.24, 2.45) is 5.92 Å². The Balaban J connectivity index is 1.53. The van der Waals surface area contributed by atoms with Gasteiger partial charge in [0, 0.05) is 19.1 Å². The number of aryl methyl sites for hydroxylation is 1. The maximum atomic E-state index is 4.59. The maximum absolute atomic E-state index is 4.59. The molecule has 1 saturated carbocycles. The van der Waals surface area contributed by atoms with Crippen molar-refractivity contribution in [1.29, 1.82) is 0 Å². The molecule has 2 aromatic rings. The van der Waals surface area contributed by atoms with E-state index >= 15 is 0 Å². The summed E-state index contributed by atoms with van der Waals surface area (Å²) in [6.07, 6.45) is 7.08. The summed E-state index contributed by atoms with van der Waals surface area (Å²) in [5.41, 5.74) is 2.39. The van der Waals surface area contributed by atoms with Gasteiger partial charge in [-0.3, -0.25) is 0 Å². The van der Waals surface area contributed by atoms with Crippen molar-refractivity contribution in [3.8, 4) is 0 Å². The summed E-state index contributed by atoms with van der Waals surface area (Å²) in [5.74, 6) is 1.90. The molecule has 2 aliphatic rings. The fraction of sp³-hybridized carbons (Fsp3) is 0.625. The Morgan fingerprint density at radius 1 is 1.33 bits per heavy atom. The fourth-order valence-corrected chi connectivity index (χ4v) is 4.25. The summed E-state index contributed by atoms with van der Waals surface area (Å²) in [6, 6.07) is 0.811. The second kappa shape index (κ2) is 5.54. The van der Waals surface area contributed by atoms with Crippen molar-refractivity contribution in [3.05, 3.63) is 17.3 Å². The number of thiophene rings is 1. The Hall–Kier alpha value is -1.20. The van der Waals surface area contributed by atoms with Gasteiger partial charge in [0.25, 0.3) is 0 Å². The molecule has 4 rings (SSSR count). The summed E-state index contributed by atoms with van der Waals surface area (Å²) in [6.45, 7) is 5.55. The van der Waals surface area contributed by atoms with Crippen LogP contribution in [0.5, 0.6) is 0 Å². The molecule has 0 amide bonds. The van der Waals surface area contributed by atoms with Crippen molar-refractivity contribution < 1.29 is 0 Å². The monoisotopic (exact) mass is 302 g/mol. The molecule has 2 aromatic heterocycles. The molecule has 0 aromatic carbocycles. The smallest absolute Gasteiger partial charge is 0.150 e. The minimum atomic E-state index is 0.755. The third-order valence-electron chi connectivity index (χ3n) is 4.60. The zero-order chi connectivity index (χ0) is 14.2. The zero-order valence-electron chi connectivity index (χ0n) is 12.5. The van der Waals surface area contributed by atoms with Crippen LogP contribution in [0.1, 0.15) is 31.2 Å². The van der Waals surface area contributed by atoms with Crippen molar-refractivity contribution in [2.45, 2.75) is 38.6 Å². The van der Waals surface area contributed by atoms with Crippen LogP contribution in [0, 0.1) is 12.8 Å². The van der Waals surface area contributed by atoms with Crippen LogP contribution in [-0.4, -0.2) is 35.6 Å². The van der Waals surface area contributed by atoms with Gasteiger partial charge in [0.1, 0.15) is 12.1 Å². The van der Waals surface area contributed by atoms with E-state index in [4.69, 9.17) is 0 Å². The Bertz CT molecular complexity index is 634. The topological polar surface area (TPSA) is 41.0 Å². The molecule has 21 heavy (non-hydrogen) atoms. The largest absolute Gasteiger partial charge is 0.355 e. The third-order valence-corrected chi connectivity index (χ3v) is 5.69. The standard InChI is InChI=1S/C16H22N4S/c1-11-9-21-15-14(11)18-10-19-16(15)20-6-2-3-12(8-20)7-17-13-4-5-13/h9-10,12-13,17H,2-8H2,1H3. The van der Waals surface area contributed by atoms with E-state index in [-0.39, 0.29) is 0 Å². The molecule has 1 N–H and O–H groups in total. The molecule has 1 aliphatic heterocycles. The van der Waals surface area contributed by atoms with E-state index < -0.39 is 0 Å². The molecule has 0 spiro atoms. The number of rotatable bonds is 4. The lowest BCUT2D eigenvalue weighted by Gasteiger charge is -2.34. The Morgan fingerprint density at radius 3 is 3.10 bits per heavy atom. The number of nitrogens with zero attached hydrogens (tertiary/aromatic N) is 3. The number of nitrogens with one attached hydrogen (secondary N) is 1. The first-order valence-electron chi connectivity index (χ1n) is 7.98. The summed E-state index contributed by atoms with van der Waals surface area (Å²) >= 11 is 1.78. The molecular formula is C16H22N4S. The highest BCUT2D eigenvalue weighted by molar-refractivity contribution is 7.18. The van der Waals surface area contributed by atoms with Crippen LogP contribution in [0.3, 0.4) is 0 Å². The molecule has 0 bridgehead atoms. The summed E-state index contributed by atoms with van der Waals surface area (Å²) in [4.78, 5) is 11.5. The van der Waals surface area contributed by atoms with Gasteiger partial charge in [0.15, 0.2) is 0 Å². The van der Waals surface area contributed by atoms with E-state index in [1.807, 2.05) is 0 Å². The van der Waals surface area contributed by atoms with Crippen molar-refractivity contribution in [1.82, 2.24) is 15.3 Å². The van der Waals surface area contributed by atoms with Crippen LogP contribution in [0.4, 0.5) is 5.82 Å². The maximum Gasteiger partial charge on any atom is 0.150 e. The predicted molar refractivity (Wildman–Crippen MR) is 88.1 cm³/mol. The molecule has 1 saturated heterocycles. The SMILES string of the molecule is Cc1csc2c(N3CCCC(CNC4CC4)C3)ncnc12. The lowest BCUT2D eigenvalue weighted by molar-refractivity contribution is 0.390. The van der Waals surface area contributed by atoms with E-state index in [2.05, 4.69) is 32.5 Å². The number of hydrogen-bond acceptors (Lipinski definition) is 5. The molecule has 112 valence electrons. The molecule has 1 aliphatic carbocycles. The number of hydrogen-bond donors (Lipinski definition) is 1. The predicted octanol–water partition coefficient (Wildman–Crippen LogP) is 2.97. The Morgan fingerprint density at radius 2 is 2.24 bits per heavy atom. The molecule has 1 unspecified atom stereocenters. The van der Waals surface area contributed by atoms with Crippen LogP contribution in [0.2, 0.25) is 0 Å². The van der Waals surface area contributed by atoms with Gasteiger partial charge in [-0.15, -0.1) is 11.3 Å². The first kappa shape index (κ1) is 13.5. The second-order valence-corrected chi connectivity index (χ2v) is 7.31.